The molecule has 1 aliphatic heterocycles. The molecule has 0 atom stereocenters. The second-order valence-electron chi connectivity index (χ2n) is 5.25. The number of amides is 1. The SMILES string of the molecule is COCCC1(CNC(=O)CC2CNC2)CC1. The summed E-state index contributed by atoms with van der Waals surface area (Å²) < 4.78 is 5.09. The van der Waals surface area contributed by atoms with Gasteiger partial charge >= 0.3 is 0 Å². The highest BCUT2D eigenvalue weighted by atomic mass is 16.5. The molecule has 4 heteroatoms. The Morgan fingerprint density at radius 1 is 1.50 bits per heavy atom. The lowest BCUT2D eigenvalue weighted by Gasteiger charge is -2.26. The fourth-order valence-electron chi connectivity index (χ4n) is 2.12. The van der Waals surface area contributed by atoms with Gasteiger partial charge < -0.3 is 15.4 Å². The van der Waals surface area contributed by atoms with Gasteiger partial charge in [0.1, 0.15) is 0 Å². The van der Waals surface area contributed by atoms with Gasteiger partial charge in [0, 0.05) is 26.7 Å². The Morgan fingerprint density at radius 3 is 2.75 bits per heavy atom. The Morgan fingerprint density at radius 2 is 2.25 bits per heavy atom. The van der Waals surface area contributed by atoms with Crippen LogP contribution < -0.4 is 10.6 Å². The minimum absolute atomic E-state index is 0.218. The second kappa shape index (κ2) is 5.15. The van der Waals surface area contributed by atoms with Crippen LogP contribution in [0.3, 0.4) is 0 Å². The number of hydrogen-bond donors (Lipinski definition) is 2. The van der Waals surface area contributed by atoms with Crippen molar-refractivity contribution in [3.63, 3.8) is 0 Å². The Balaban J connectivity index is 1.60. The fraction of sp³-hybridized carbons (Fsp3) is 0.917. The van der Waals surface area contributed by atoms with Crippen LogP contribution in [0.2, 0.25) is 0 Å². The zero-order valence-corrected chi connectivity index (χ0v) is 10.1. The van der Waals surface area contributed by atoms with E-state index in [1.54, 1.807) is 7.11 Å². The molecule has 0 bridgehead atoms. The number of nitrogens with one attached hydrogen (secondary N) is 2. The van der Waals surface area contributed by atoms with Crippen molar-refractivity contribution < 1.29 is 9.53 Å². The highest BCUT2D eigenvalue weighted by molar-refractivity contribution is 5.76. The first-order valence-electron chi connectivity index (χ1n) is 6.20. The quantitative estimate of drug-likeness (QED) is 0.666. The summed E-state index contributed by atoms with van der Waals surface area (Å²) in [6.07, 6.45) is 4.24. The maximum absolute atomic E-state index is 11.6. The molecule has 1 saturated carbocycles. The number of hydrogen-bond acceptors (Lipinski definition) is 3. The molecule has 2 rings (SSSR count). The molecule has 1 saturated heterocycles. The third kappa shape index (κ3) is 3.19. The summed E-state index contributed by atoms with van der Waals surface area (Å²) in [7, 11) is 1.73. The van der Waals surface area contributed by atoms with E-state index < -0.39 is 0 Å². The van der Waals surface area contributed by atoms with Gasteiger partial charge in [0.2, 0.25) is 5.91 Å². The molecular formula is C12H22N2O2. The Hall–Kier alpha value is -0.610. The summed E-state index contributed by atoms with van der Waals surface area (Å²) in [5, 5.41) is 6.25. The topological polar surface area (TPSA) is 50.4 Å². The largest absolute Gasteiger partial charge is 0.385 e. The summed E-state index contributed by atoms with van der Waals surface area (Å²) in [5.74, 6) is 0.782. The molecule has 16 heavy (non-hydrogen) atoms. The Labute approximate surface area is 97.1 Å². The van der Waals surface area contributed by atoms with Crippen LogP contribution in [0, 0.1) is 11.3 Å². The normalized spacial score (nSPS) is 22.6. The molecular weight excluding hydrogens is 204 g/mol. The third-order valence-corrected chi connectivity index (χ3v) is 3.79. The molecule has 0 aromatic rings. The van der Waals surface area contributed by atoms with Crippen LogP contribution in [-0.2, 0) is 9.53 Å². The molecule has 1 amide bonds. The maximum Gasteiger partial charge on any atom is 0.220 e. The minimum Gasteiger partial charge on any atom is -0.385 e. The van der Waals surface area contributed by atoms with E-state index in [0.29, 0.717) is 17.8 Å². The van der Waals surface area contributed by atoms with Crippen molar-refractivity contribution in [2.24, 2.45) is 11.3 Å². The van der Waals surface area contributed by atoms with Gasteiger partial charge in [0.25, 0.3) is 0 Å². The lowest BCUT2D eigenvalue weighted by molar-refractivity contribution is -0.122. The molecule has 0 radical (unpaired) electrons. The molecule has 0 aromatic heterocycles. The van der Waals surface area contributed by atoms with Crippen LogP contribution in [0.15, 0.2) is 0 Å². The molecule has 92 valence electrons. The minimum atomic E-state index is 0.218. The number of rotatable bonds is 7. The van der Waals surface area contributed by atoms with E-state index in [9.17, 15) is 4.79 Å². The van der Waals surface area contributed by atoms with Gasteiger partial charge in [-0.3, -0.25) is 4.79 Å². The summed E-state index contributed by atoms with van der Waals surface area (Å²) in [6, 6.07) is 0. The predicted molar refractivity (Wildman–Crippen MR) is 62.1 cm³/mol. The van der Waals surface area contributed by atoms with Gasteiger partial charge in [-0.05, 0) is 43.7 Å². The van der Waals surface area contributed by atoms with Crippen molar-refractivity contribution in [2.75, 3.05) is 33.4 Å². The summed E-state index contributed by atoms with van der Waals surface area (Å²) in [5.41, 5.74) is 0.365. The zero-order valence-electron chi connectivity index (χ0n) is 10.1. The summed E-state index contributed by atoms with van der Waals surface area (Å²) in [4.78, 5) is 11.6. The van der Waals surface area contributed by atoms with Crippen molar-refractivity contribution in [1.29, 1.82) is 0 Å². The van der Waals surface area contributed by atoms with Crippen LogP contribution in [0.4, 0.5) is 0 Å². The van der Waals surface area contributed by atoms with E-state index in [1.807, 2.05) is 0 Å². The van der Waals surface area contributed by atoms with Crippen molar-refractivity contribution in [2.45, 2.75) is 25.7 Å². The molecule has 4 nitrogen and oxygen atoms in total. The maximum atomic E-state index is 11.6. The highest BCUT2D eigenvalue weighted by Crippen LogP contribution is 2.48. The molecule has 2 aliphatic rings. The van der Waals surface area contributed by atoms with Crippen LogP contribution in [0.1, 0.15) is 25.7 Å². The van der Waals surface area contributed by atoms with Crippen LogP contribution in [-0.4, -0.2) is 39.3 Å². The number of ether oxygens (including phenoxy) is 1. The van der Waals surface area contributed by atoms with Crippen molar-refractivity contribution in [1.82, 2.24) is 10.6 Å². The molecule has 2 fully saturated rings. The summed E-state index contributed by atoms with van der Waals surface area (Å²) >= 11 is 0. The number of methoxy groups -OCH3 is 1. The summed E-state index contributed by atoms with van der Waals surface area (Å²) in [6.45, 7) is 3.65. The molecule has 0 spiro atoms. The average Bonchev–Trinajstić information content (AvgIpc) is 2.99. The van der Waals surface area contributed by atoms with Gasteiger partial charge in [-0.25, -0.2) is 0 Å². The van der Waals surface area contributed by atoms with Gasteiger partial charge in [-0.2, -0.15) is 0 Å². The average molecular weight is 226 g/mol. The molecule has 0 unspecified atom stereocenters. The van der Waals surface area contributed by atoms with Crippen molar-refractivity contribution >= 4 is 5.91 Å². The third-order valence-electron chi connectivity index (χ3n) is 3.79. The second-order valence-corrected chi connectivity index (χ2v) is 5.25. The Kier molecular flexibility index (Phi) is 3.82. The van der Waals surface area contributed by atoms with Gasteiger partial charge in [0.05, 0.1) is 0 Å². The van der Waals surface area contributed by atoms with Crippen LogP contribution in [0.25, 0.3) is 0 Å². The van der Waals surface area contributed by atoms with Crippen molar-refractivity contribution in [3.05, 3.63) is 0 Å². The zero-order chi connectivity index (χ0) is 11.4. The van der Waals surface area contributed by atoms with Crippen LogP contribution >= 0.6 is 0 Å². The molecule has 1 aliphatic carbocycles. The van der Waals surface area contributed by atoms with E-state index in [0.717, 1.165) is 32.7 Å². The highest BCUT2D eigenvalue weighted by Gasteiger charge is 2.42. The first-order valence-corrected chi connectivity index (χ1v) is 6.20. The first-order chi connectivity index (χ1) is 7.74. The van der Waals surface area contributed by atoms with E-state index in [-0.39, 0.29) is 5.91 Å². The van der Waals surface area contributed by atoms with E-state index in [2.05, 4.69) is 10.6 Å². The van der Waals surface area contributed by atoms with Gasteiger partial charge in [-0.1, -0.05) is 0 Å². The monoisotopic (exact) mass is 226 g/mol. The van der Waals surface area contributed by atoms with Crippen LogP contribution in [0.5, 0.6) is 0 Å². The fourth-order valence-corrected chi connectivity index (χ4v) is 2.12. The number of carbonyl (C=O) groups is 1. The lowest BCUT2D eigenvalue weighted by atomic mass is 9.98. The Bertz CT molecular complexity index is 247. The van der Waals surface area contributed by atoms with Crippen molar-refractivity contribution in [3.8, 4) is 0 Å². The van der Waals surface area contributed by atoms with Gasteiger partial charge in [0.15, 0.2) is 0 Å². The van der Waals surface area contributed by atoms with E-state index in [1.165, 1.54) is 12.8 Å². The lowest BCUT2D eigenvalue weighted by Crippen LogP contribution is -2.45. The van der Waals surface area contributed by atoms with E-state index >= 15 is 0 Å². The number of carbonyl (C=O) groups excluding carboxylic acids is 1. The smallest absolute Gasteiger partial charge is 0.220 e. The molecule has 2 N–H and O–H groups in total. The molecule has 0 aromatic carbocycles. The van der Waals surface area contributed by atoms with Gasteiger partial charge in [-0.15, -0.1) is 0 Å². The standard InChI is InChI=1S/C12H22N2O2/c1-16-5-4-12(2-3-12)9-14-11(15)6-10-7-13-8-10/h10,13H,2-9H2,1H3,(H,14,15). The predicted octanol–water partition coefficient (Wildman–Crippen LogP) is 0.529. The van der Waals surface area contributed by atoms with E-state index in [4.69, 9.17) is 4.74 Å². The molecule has 1 heterocycles. The first kappa shape index (κ1) is 11.9.